The van der Waals surface area contributed by atoms with Gasteiger partial charge >= 0.3 is 5.97 Å². The van der Waals surface area contributed by atoms with Crippen LogP contribution in [0.15, 0.2) is 57.5 Å². The van der Waals surface area contributed by atoms with Gasteiger partial charge in [-0.25, -0.2) is 0 Å². The van der Waals surface area contributed by atoms with Crippen LogP contribution >= 0.6 is 31.9 Å². The predicted molar refractivity (Wildman–Crippen MR) is 94.4 cm³/mol. The van der Waals surface area contributed by atoms with Gasteiger partial charge in [-0.05, 0) is 48.5 Å². The Bertz CT molecular complexity index is 729. The van der Waals surface area contributed by atoms with Crippen LogP contribution in [-0.4, -0.2) is 18.4 Å². The van der Waals surface area contributed by atoms with Gasteiger partial charge in [-0.1, -0.05) is 31.9 Å². The molecule has 1 saturated heterocycles. The number of anilines is 1. The third-order valence-corrected chi connectivity index (χ3v) is 4.69. The summed E-state index contributed by atoms with van der Waals surface area (Å²) in [5.74, 6) is -0.409. The lowest BCUT2D eigenvalue weighted by molar-refractivity contribution is -0.139. The number of halogens is 2. The number of amides is 1. The van der Waals surface area contributed by atoms with E-state index in [4.69, 9.17) is 4.74 Å². The molecule has 0 aliphatic carbocycles. The first-order valence-electron chi connectivity index (χ1n) is 7.06. The summed E-state index contributed by atoms with van der Waals surface area (Å²) in [5.41, 5.74) is 0.789. The van der Waals surface area contributed by atoms with Crippen molar-refractivity contribution in [2.75, 3.05) is 11.4 Å². The Kier molecular flexibility index (Phi) is 4.82. The summed E-state index contributed by atoms with van der Waals surface area (Å²) in [6, 6.07) is 14.5. The molecule has 0 saturated carbocycles. The molecule has 0 unspecified atom stereocenters. The fraction of sp³-hybridized carbons (Fsp3) is 0.176. The highest BCUT2D eigenvalue weighted by molar-refractivity contribution is 9.10. The topological polar surface area (TPSA) is 46.6 Å². The second kappa shape index (κ2) is 6.84. The Balaban J connectivity index is 1.68. The minimum atomic E-state index is -0.449. The number of carbonyl (C=O) groups excluding carboxylic acids is 2. The van der Waals surface area contributed by atoms with E-state index in [1.807, 2.05) is 24.3 Å². The van der Waals surface area contributed by atoms with Gasteiger partial charge in [0.05, 0.1) is 5.92 Å². The van der Waals surface area contributed by atoms with Crippen LogP contribution in [0.2, 0.25) is 0 Å². The highest BCUT2D eigenvalue weighted by Crippen LogP contribution is 2.27. The van der Waals surface area contributed by atoms with Gasteiger partial charge in [0.1, 0.15) is 5.75 Å². The van der Waals surface area contributed by atoms with Crippen LogP contribution in [0.5, 0.6) is 5.75 Å². The molecule has 3 rings (SSSR count). The highest BCUT2D eigenvalue weighted by Gasteiger charge is 2.36. The fourth-order valence-corrected chi connectivity index (χ4v) is 2.97. The zero-order chi connectivity index (χ0) is 16.4. The average molecular weight is 439 g/mol. The number of esters is 1. The van der Waals surface area contributed by atoms with Gasteiger partial charge in [-0.15, -0.1) is 0 Å². The van der Waals surface area contributed by atoms with Crippen molar-refractivity contribution in [3.8, 4) is 5.75 Å². The summed E-state index contributed by atoms with van der Waals surface area (Å²) in [6.07, 6.45) is 0.172. The molecule has 0 radical (unpaired) electrons. The first-order valence-corrected chi connectivity index (χ1v) is 8.65. The summed E-state index contributed by atoms with van der Waals surface area (Å²) in [7, 11) is 0. The molecule has 0 spiro atoms. The van der Waals surface area contributed by atoms with Gasteiger partial charge in [0.15, 0.2) is 0 Å². The molecule has 0 bridgehead atoms. The SMILES string of the molecule is O=C(Oc1ccc(Br)cc1)[C@@H]1CC(=O)N(c2ccc(Br)cc2)C1. The summed E-state index contributed by atoms with van der Waals surface area (Å²) in [4.78, 5) is 26.1. The lowest BCUT2D eigenvalue weighted by Crippen LogP contribution is -2.27. The van der Waals surface area contributed by atoms with Gasteiger partial charge in [-0.3, -0.25) is 9.59 Å². The summed E-state index contributed by atoms with van der Waals surface area (Å²) in [6.45, 7) is 0.343. The van der Waals surface area contributed by atoms with E-state index < -0.39 is 5.92 Å². The molecule has 4 nitrogen and oxygen atoms in total. The molecule has 6 heteroatoms. The number of carbonyl (C=O) groups is 2. The zero-order valence-corrected chi connectivity index (χ0v) is 15.2. The van der Waals surface area contributed by atoms with Gasteiger partial charge in [0.25, 0.3) is 0 Å². The van der Waals surface area contributed by atoms with Crippen LogP contribution in [0.1, 0.15) is 6.42 Å². The first-order chi connectivity index (χ1) is 11.0. The van der Waals surface area contributed by atoms with Crippen molar-refractivity contribution in [2.24, 2.45) is 5.92 Å². The molecule has 0 N–H and O–H groups in total. The third-order valence-electron chi connectivity index (χ3n) is 3.63. The van der Waals surface area contributed by atoms with Crippen LogP contribution < -0.4 is 9.64 Å². The van der Waals surface area contributed by atoms with Crippen LogP contribution in [0, 0.1) is 5.92 Å². The largest absolute Gasteiger partial charge is 0.426 e. The summed E-state index contributed by atoms with van der Waals surface area (Å²) in [5, 5.41) is 0. The van der Waals surface area contributed by atoms with Gasteiger partial charge in [0.2, 0.25) is 5.91 Å². The van der Waals surface area contributed by atoms with Crippen molar-refractivity contribution in [3.05, 3.63) is 57.5 Å². The molecule has 1 fully saturated rings. The zero-order valence-electron chi connectivity index (χ0n) is 12.0. The van der Waals surface area contributed by atoms with Crippen molar-refractivity contribution in [1.82, 2.24) is 0 Å². The van der Waals surface area contributed by atoms with E-state index in [0.29, 0.717) is 12.3 Å². The van der Waals surface area contributed by atoms with E-state index in [0.717, 1.165) is 14.6 Å². The molecule has 118 valence electrons. The number of ether oxygens (including phenoxy) is 1. The molecule has 0 aromatic heterocycles. The maximum atomic E-state index is 12.3. The molecular weight excluding hydrogens is 426 g/mol. The van der Waals surface area contributed by atoms with Gasteiger partial charge in [0, 0.05) is 27.6 Å². The number of benzene rings is 2. The maximum Gasteiger partial charge on any atom is 0.316 e. The number of nitrogens with zero attached hydrogens (tertiary/aromatic N) is 1. The van der Waals surface area contributed by atoms with E-state index in [1.54, 1.807) is 29.2 Å². The monoisotopic (exact) mass is 437 g/mol. The number of hydrogen-bond donors (Lipinski definition) is 0. The highest BCUT2D eigenvalue weighted by atomic mass is 79.9. The Labute approximate surface area is 150 Å². The van der Waals surface area contributed by atoms with E-state index >= 15 is 0 Å². The van der Waals surface area contributed by atoms with Crippen LogP contribution in [0.25, 0.3) is 0 Å². The summed E-state index contributed by atoms with van der Waals surface area (Å²) >= 11 is 6.69. The Morgan fingerprint density at radius 3 is 2.17 bits per heavy atom. The third kappa shape index (κ3) is 3.82. The molecule has 1 heterocycles. The quantitative estimate of drug-likeness (QED) is 0.533. The average Bonchev–Trinajstić information content (AvgIpc) is 2.92. The summed E-state index contributed by atoms with van der Waals surface area (Å²) < 4.78 is 7.21. The number of hydrogen-bond acceptors (Lipinski definition) is 3. The van der Waals surface area contributed by atoms with Crippen LogP contribution in [0.4, 0.5) is 5.69 Å². The van der Waals surface area contributed by atoms with Crippen molar-refractivity contribution < 1.29 is 14.3 Å². The lowest BCUT2D eigenvalue weighted by atomic mass is 10.1. The fourth-order valence-electron chi connectivity index (χ4n) is 2.44. The van der Waals surface area contributed by atoms with Crippen molar-refractivity contribution in [3.63, 3.8) is 0 Å². The predicted octanol–water partition coefficient (Wildman–Crippen LogP) is 4.17. The van der Waals surface area contributed by atoms with Gasteiger partial charge < -0.3 is 9.64 Å². The molecular formula is C17H13Br2NO3. The van der Waals surface area contributed by atoms with Crippen molar-refractivity contribution in [1.29, 1.82) is 0 Å². The molecule has 23 heavy (non-hydrogen) atoms. The minimum Gasteiger partial charge on any atom is -0.426 e. The Hall–Kier alpha value is -1.66. The first kappa shape index (κ1) is 16.2. The normalized spacial score (nSPS) is 17.4. The molecule has 1 atom stereocenters. The van der Waals surface area contributed by atoms with Crippen LogP contribution in [0.3, 0.4) is 0 Å². The Morgan fingerprint density at radius 1 is 1.00 bits per heavy atom. The molecule has 1 aliphatic heterocycles. The van der Waals surface area contributed by atoms with Gasteiger partial charge in [-0.2, -0.15) is 0 Å². The number of rotatable bonds is 3. The molecule has 1 aliphatic rings. The smallest absolute Gasteiger partial charge is 0.316 e. The minimum absolute atomic E-state index is 0.0647. The molecule has 2 aromatic rings. The maximum absolute atomic E-state index is 12.3. The van der Waals surface area contributed by atoms with E-state index in [1.165, 1.54) is 0 Å². The van der Waals surface area contributed by atoms with E-state index in [9.17, 15) is 9.59 Å². The lowest BCUT2D eigenvalue weighted by Gasteiger charge is -2.16. The van der Waals surface area contributed by atoms with E-state index in [-0.39, 0.29) is 18.3 Å². The van der Waals surface area contributed by atoms with Crippen molar-refractivity contribution in [2.45, 2.75) is 6.42 Å². The Morgan fingerprint density at radius 2 is 1.57 bits per heavy atom. The second-order valence-corrected chi connectivity index (χ2v) is 7.09. The van der Waals surface area contributed by atoms with E-state index in [2.05, 4.69) is 31.9 Å². The van der Waals surface area contributed by atoms with Crippen LogP contribution in [-0.2, 0) is 9.59 Å². The second-order valence-electron chi connectivity index (χ2n) is 5.26. The molecule has 2 aromatic carbocycles. The standard InChI is InChI=1S/C17H13Br2NO3/c18-12-1-5-14(6-2-12)20-10-11(9-16(20)21)17(22)23-15-7-3-13(19)4-8-15/h1-8,11H,9-10H2/t11-/m1/s1. The molecule has 1 amide bonds. The van der Waals surface area contributed by atoms with Crippen molar-refractivity contribution >= 4 is 49.4 Å².